The second-order valence-electron chi connectivity index (χ2n) is 6.48. The smallest absolute Gasteiger partial charge is 0.257 e. The molecule has 0 saturated carbocycles. The highest BCUT2D eigenvalue weighted by atomic mass is 32.2. The highest BCUT2D eigenvalue weighted by molar-refractivity contribution is 7.98. The van der Waals surface area contributed by atoms with Crippen molar-refractivity contribution in [3.8, 4) is 0 Å². The van der Waals surface area contributed by atoms with E-state index in [0.29, 0.717) is 22.8 Å². The Kier molecular flexibility index (Phi) is 5.75. The summed E-state index contributed by atoms with van der Waals surface area (Å²) in [6, 6.07) is 11.8. The topological polar surface area (TPSA) is 34.9 Å². The number of hydrogen-bond donors (Lipinski definition) is 0. The Bertz CT molecular complexity index is 1030. The van der Waals surface area contributed by atoms with E-state index in [9.17, 15) is 13.6 Å². The summed E-state index contributed by atoms with van der Waals surface area (Å²) in [5.74, 6) is -1.13. The highest BCUT2D eigenvalue weighted by Crippen LogP contribution is 2.24. The summed E-state index contributed by atoms with van der Waals surface area (Å²) >= 11 is 1.15. The molecular weight excluding hydrogens is 366 g/mol. The van der Waals surface area contributed by atoms with Crippen LogP contribution in [0.25, 0.3) is 0 Å². The summed E-state index contributed by atoms with van der Waals surface area (Å²) in [4.78, 5) is 17.3. The van der Waals surface area contributed by atoms with Gasteiger partial charge in [-0.3, -0.25) is 9.36 Å². The number of hydrogen-bond acceptors (Lipinski definition) is 3. The average Bonchev–Trinajstić information content (AvgIpc) is 2.62. The van der Waals surface area contributed by atoms with Gasteiger partial charge in [-0.15, -0.1) is 0 Å². The van der Waals surface area contributed by atoms with Crippen molar-refractivity contribution < 1.29 is 8.78 Å². The first-order chi connectivity index (χ1) is 12.9. The summed E-state index contributed by atoms with van der Waals surface area (Å²) < 4.78 is 29.1. The maximum atomic E-state index is 13.8. The van der Waals surface area contributed by atoms with E-state index in [2.05, 4.69) is 4.98 Å². The van der Waals surface area contributed by atoms with E-state index >= 15 is 0 Å². The fraction of sp³-hybridized carbons (Fsp3) is 0.238. The number of thioether (sulfide) groups is 1. The Labute approximate surface area is 161 Å². The SMILES string of the molecule is Cc1cccc(Cc2c(C)nc(SCc3c(F)cccc3F)n(C)c2=O)c1. The van der Waals surface area contributed by atoms with Gasteiger partial charge < -0.3 is 0 Å². The Morgan fingerprint density at radius 1 is 1.04 bits per heavy atom. The molecule has 1 heterocycles. The van der Waals surface area contributed by atoms with Crippen molar-refractivity contribution in [2.75, 3.05) is 0 Å². The van der Waals surface area contributed by atoms with E-state index in [1.165, 1.54) is 22.8 Å². The Morgan fingerprint density at radius 2 is 1.70 bits per heavy atom. The maximum Gasteiger partial charge on any atom is 0.257 e. The summed E-state index contributed by atoms with van der Waals surface area (Å²) in [5.41, 5.74) is 3.29. The van der Waals surface area contributed by atoms with Gasteiger partial charge in [-0.2, -0.15) is 0 Å². The molecule has 1 aromatic heterocycles. The van der Waals surface area contributed by atoms with E-state index in [-0.39, 0.29) is 16.9 Å². The van der Waals surface area contributed by atoms with Crippen molar-refractivity contribution in [2.24, 2.45) is 7.05 Å². The number of halogens is 2. The predicted octanol–water partition coefficient (Wildman–Crippen LogP) is 4.56. The molecule has 140 valence electrons. The van der Waals surface area contributed by atoms with Crippen molar-refractivity contribution >= 4 is 11.8 Å². The van der Waals surface area contributed by atoms with Gasteiger partial charge in [0.1, 0.15) is 11.6 Å². The van der Waals surface area contributed by atoms with Crippen LogP contribution in [-0.4, -0.2) is 9.55 Å². The Hall–Kier alpha value is -2.47. The lowest BCUT2D eigenvalue weighted by molar-refractivity contribution is 0.566. The molecule has 0 fully saturated rings. The van der Waals surface area contributed by atoms with Crippen LogP contribution in [-0.2, 0) is 19.2 Å². The molecule has 0 radical (unpaired) electrons. The van der Waals surface area contributed by atoms with Gasteiger partial charge in [-0.25, -0.2) is 13.8 Å². The number of rotatable bonds is 5. The molecule has 2 aromatic carbocycles. The van der Waals surface area contributed by atoms with Crippen molar-refractivity contribution in [1.29, 1.82) is 0 Å². The largest absolute Gasteiger partial charge is 0.291 e. The first-order valence-electron chi connectivity index (χ1n) is 8.54. The van der Waals surface area contributed by atoms with Crippen molar-refractivity contribution in [3.63, 3.8) is 0 Å². The molecule has 0 unspecified atom stereocenters. The van der Waals surface area contributed by atoms with Gasteiger partial charge in [0.25, 0.3) is 5.56 Å². The third-order valence-corrected chi connectivity index (χ3v) is 5.48. The van der Waals surface area contributed by atoms with E-state index in [1.54, 1.807) is 14.0 Å². The summed E-state index contributed by atoms with van der Waals surface area (Å²) in [6.07, 6.45) is 0.500. The third-order valence-electron chi connectivity index (χ3n) is 4.42. The molecule has 0 aliphatic rings. The molecule has 3 rings (SSSR count). The summed E-state index contributed by atoms with van der Waals surface area (Å²) in [7, 11) is 1.63. The Morgan fingerprint density at radius 3 is 2.37 bits per heavy atom. The lowest BCUT2D eigenvalue weighted by atomic mass is 10.0. The molecular formula is C21H20F2N2OS. The summed E-state index contributed by atoms with van der Waals surface area (Å²) in [6.45, 7) is 3.80. The second kappa shape index (κ2) is 8.05. The van der Waals surface area contributed by atoms with Crippen LogP contribution in [0, 0.1) is 25.5 Å². The molecule has 3 nitrogen and oxygen atoms in total. The first-order valence-corrected chi connectivity index (χ1v) is 9.53. The van der Waals surface area contributed by atoms with E-state index in [4.69, 9.17) is 0 Å². The lowest BCUT2D eigenvalue weighted by Gasteiger charge is -2.13. The molecule has 0 atom stereocenters. The van der Waals surface area contributed by atoms with Crippen LogP contribution in [0.3, 0.4) is 0 Å². The number of aromatic nitrogens is 2. The van der Waals surface area contributed by atoms with E-state index in [1.807, 2.05) is 31.2 Å². The van der Waals surface area contributed by atoms with E-state index in [0.717, 1.165) is 22.9 Å². The first kappa shape index (κ1) is 19.3. The normalized spacial score (nSPS) is 11.0. The lowest BCUT2D eigenvalue weighted by Crippen LogP contribution is -2.25. The molecule has 0 amide bonds. The van der Waals surface area contributed by atoms with Crippen molar-refractivity contribution in [1.82, 2.24) is 9.55 Å². The van der Waals surface area contributed by atoms with Gasteiger partial charge in [-0.05, 0) is 31.5 Å². The zero-order chi connectivity index (χ0) is 19.6. The van der Waals surface area contributed by atoms with Gasteiger partial charge in [0.2, 0.25) is 0 Å². The van der Waals surface area contributed by atoms with Crippen molar-refractivity contribution in [3.05, 3.63) is 92.4 Å². The van der Waals surface area contributed by atoms with Crippen LogP contribution >= 0.6 is 11.8 Å². The molecule has 0 aliphatic carbocycles. The van der Waals surface area contributed by atoms with E-state index < -0.39 is 11.6 Å². The molecule has 3 aromatic rings. The Balaban J connectivity index is 1.87. The minimum atomic E-state index is -0.597. The summed E-state index contributed by atoms with van der Waals surface area (Å²) in [5, 5.41) is 0.438. The molecule has 0 bridgehead atoms. The van der Waals surface area contributed by atoms with Gasteiger partial charge in [0, 0.05) is 36.0 Å². The predicted molar refractivity (Wildman–Crippen MR) is 104 cm³/mol. The van der Waals surface area contributed by atoms with Crippen LogP contribution < -0.4 is 5.56 Å². The van der Waals surface area contributed by atoms with Crippen LogP contribution in [0.2, 0.25) is 0 Å². The zero-order valence-electron chi connectivity index (χ0n) is 15.4. The van der Waals surface area contributed by atoms with Gasteiger partial charge in [-0.1, -0.05) is 47.7 Å². The minimum Gasteiger partial charge on any atom is -0.291 e. The van der Waals surface area contributed by atoms with Gasteiger partial charge >= 0.3 is 0 Å². The van der Waals surface area contributed by atoms with Crippen LogP contribution in [0.15, 0.2) is 52.4 Å². The standard InChI is InChI=1S/C21H20F2N2OS/c1-13-6-4-7-15(10-13)11-16-14(2)24-21(25(3)20(16)26)27-12-17-18(22)8-5-9-19(17)23/h4-10H,11-12H2,1-3H3. The van der Waals surface area contributed by atoms with Crippen molar-refractivity contribution in [2.45, 2.75) is 31.2 Å². The third kappa shape index (κ3) is 4.27. The van der Waals surface area contributed by atoms with Gasteiger partial charge in [0.05, 0.1) is 0 Å². The molecule has 27 heavy (non-hydrogen) atoms. The average molecular weight is 386 g/mol. The van der Waals surface area contributed by atoms with Crippen LogP contribution in [0.5, 0.6) is 0 Å². The quantitative estimate of drug-likeness (QED) is 0.476. The number of nitrogens with zero attached hydrogens (tertiary/aromatic N) is 2. The molecule has 0 saturated heterocycles. The minimum absolute atomic E-state index is 0.0155. The second-order valence-corrected chi connectivity index (χ2v) is 7.42. The van der Waals surface area contributed by atoms with Gasteiger partial charge in [0.15, 0.2) is 5.16 Å². The monoisotopic (exact) mass is 386 g/mol. The maximum absolute atomic E-state index is 13.8. The molecule has 6 heteroatoms. The number of benzene rings is 2. The fourth-order valence-corrected chi connectivity index (χ4v) is 3.92. The van der Waals surface area contributed by atoms with Crippen LogP contribution in [0.4, 0.5) is 8.78 Å². The molecule has 0 aliphatic heterocycles. The highest BCUT2D eigenvalue weighted by Gasteiger charge is 2.15. The molecule has 0 N–H and O–H groups in total. The zero-order valence-corrected chi connectivity index (χ0v) is 16.2. The van der Waals surface area contributed by atoms with Crippen LogP contribution in [0.1, 0.15) is 27.9 Å². The number of aryl methyl sites for hydroxylation is 2. The molecule has 0 spiro atoms. The fourth-order valence-electron chi connectivity index (χ4n) is 2.90.